The molecule has 1 aromatic heterocycles. The van der Waals surface area contributed by atoms with Crippen LogP contribution in [0.4, 0.5) is 16.2 Å². The Morgan fingerprint density at radius 1 is 1.04 bits per heavy atom. The molecule has 0 saturated carbocycles. The van der Waals surface area contributed by atoms with Gasteiger partial charge in [0.15, 0.2) is 11.4 Å². The van der Waals surface area contributed by atoms with Gasteiger partial charge in [0.1, 0.15) is 5.58 Å². The summed E-state index contributed by atoms with van der Waals surface area (Å²) in [5.74, 6) is -0.322. The third-order valence-corrected chi connectivity index (χ3v) is 3.79. The van der Waals surface area contributed by atoms with Gasteiger partial charge in [-0.1, -0.05) is 18.2 Å². The van der Waals surface area contributed by atoms with Crippen molar-refractivity contribution in [1.29, 1.82) is 0 Å². The number of para-hydroxylation sites is 1. The minimum Gasteiger partial charge on any atom is -0.505 e. The number of urea groups is 1. The van der Waals surface area contributed by atoms with Crippen molar-refractivity contribution in [3.8, 4) is 5.75 Å². The summed E-state index contributed by atoms with van der Waals surface area (Å²) in [5.41, 5.74) is 1.85. The van der Waals surface area contributed by atoms with Crippen molar-refractivity contribution < 1.29 is 14.3 Å². The number of fused-ring (bicyclic) bond motifs is 1. The molecule has 0 aliphatic heterocycles. The maximum Gasteiger partial charge on any atom is 0.364 e. The molecule has 1 heterocycles. The van der Waals surface area contributed by atoms with Crippen LogP contribution < -0.4 is 16.3 Å². The Morgan fingerprint density at radius 3 is 2.54 bits per heavy atom. The molecule has 0 atom stereocenters. The predicted molar refractivity (Wildman–Crippen MR) is 92.7 cm³/mol. The number of carbonyl (C=O) groups excluding carboxylic acids is 1. The molecule has 24 heavy (non-hydrogen) atoms. The third kappa shape index (κ3) is 2.94. The second-order valence-electron chi connectivity index (χ2n) is 5.49. The highest BCUT2D eigenvalue weighted by Gasteiger charge is 2.16. The molecule has 0 unspecified atom stereocenters. The number of hydrogen-bond acceptors (Lipinski definition) is 4. The largest absolute Gasteiger partial charge is 0.505 e. The van der Waals surface area contributed by atoms with Crippen LogP contribution in [0.2, 0.25) is 0 Å². The molecule has 0 spiro atoms. The van der Waals surface area contributed by atoms with E-state index in [2.05, 4.69) is 10.6 Å². The molecule has 0 aliphatic carbocycles. The Labute approximate surface area is 137 Å². The third-order valence-electron chi connectivity index (χ3n) is 3.79. The fraction of sp³-hybridized carbons (Fsp3) is 0.111. The molecule has 6 heteroatoms. The van der Waals surface area contributed by atoms with Gasteiger partial charge in [0.2, 0.25) is 0 Å². The lowest BCUT2D eigenvalue weighted by Gasteiger charge is -2.10. The Bertz CT molecular complexity index is 992. The highest BCUT2D eigenvalue weighted by molar-refractivity contribution is 6.02. The predicted octanol–water partition coefficient (Wildman–Crippen LogP) is 3.76. The van der Waals surface area contributed by atoms with Gasteiger partial charge in [-0.25, -0.2) is 9.59 Å². The Morgan fingerprint density at radius 2 is 1.79 bits per heavy atom. The Kier molecular flexibility index (Phi) is 3.95. The van der Waals surface area contributed by atoms with Crippen molar-refractivity contribution in [1.82, 2.24) is 0 Å². The number of aromatic hydroxyl groups is 1. The first-order chi connectivity index (χ1) is 11.5. The molecule has 2 aromatic carbocycles. The van der Waals surface area contributed by atoms with Crippen LogP contribution in [0.25, 0.3) is 11.0 Å². The minimum absolute atomic E-state index is 0.250. The van der Waals surface area contributed by atoms with E-state index in [0.717, 1.165) is 11.1 Å². The Balaban J connectivity index is 1.87. The molecule has 0 radical (unpaired) electrons. The molecular weight excluding hydrogens is 308 g/mol. The highest BCUT2D eigenvalue weighted by atomic mass is 16.4. The zero-order valence-corrected chi connectivity index (χ0v) is 13.2. The number of carbonyl (C=O) groups is 1. The molecule has 0 saturated heterocycles. The summed E-state index contributed by atoms with van der Waals surface area (Å²) in [6.07, 6.45) is 0. The first kappa shape index (κ1) is 15.6. The maximum atomic E-state index is 12.1. The number of nitrogens with one attached hydrogen (secondary N) is 2. The average Bonchev–Trinajstić information content (AvgIpc) is 2.55. The minimum atomic E-state index is -0.818. The number of benzene rings is 2. The normalized spacial score (nSPS) is 10.6. The van der Waals surface area contributed by atoms with Crippen molar-refractivity contribution in [3.63, 3.8) is 0 Å². The van der Waals surface area contributed by atoms with Gasteiger partial charge < -0.3 is 14.8 Å². The molecule has 0 fully saturated rings. The van der Waals surface area contributed by atoms with E-state index < -0.39 is 11.7 Å². The lowest BCUT2D eigenvalue weighted by molar-refractivity contribution is 0.262. The topological polar surface area (TPSA) is 91.6 Å². The zero-order valence-electron chi connectivity index (χ0n) is 13.2. The van der Waals surface area contributed by atoms with E-state index in [9.17, 15) is 14.7 Å². The lowest BCUT2D eigenvalue weighted by Crippen LogP contribution is -2.23. The average molecular weight is 324 g/mol. The van der Waals surface area contributed by atoms with E-state index in [4.69, 9.17) is 4.42 Å². The SMILES string of the molecule is Cc1ccc(NC(=O)Nc2c(O)c3ccccc3oc2=O)cc1C. The number of aryl methyl sites for hydroxylation is 2. The lowest BCUT2D eigenvalue weighted by atomic mass is 10.1. The van der Waals surface area contributed by atoms with Crippen LogP contribution in [0.15, 0.2) is 51.7 Å². The molecule has 0 aliphatic rings. The second-order valence-corrected chi connectivity index (χ2v) is 5.49. The van der Waals surface area contributed by atoms with Crippen molar-refractivity contribution in [2.75, 3.05) is 10.6 Å². The van der Waals surface area contributed by atoms with Crippen LogP contribution in [-0.4, -0.2) is 11.1 Å². The summed E-state index contributed by atoms with van der Waals surface area (Å²) >= 11 is 0. The van der Waals surface area contributed by atoms with Crippen molar-refractivity contribution in [2.24, 2.45) is 0 Å². The quantitative estimate of drug-likeness (QED) is 0.626. The van der Waals surface area contributed by atoms with E-state index in [0.29, 0.717) is 11.1 Å². The van der Waals surface area contributed by atoms with Crippen LogP contribution in [0.5, 0.6) is 5.75 Å². The Hall–Kier alpha value is -3.28. The van der Waals surface area contributed by atoms with Gasteiger partial charge in [-0.3, -0.25) is 5.32 Å². The van der Waals surface area contributed by atoms with Crippen LogP contribution in [-0.2, 0) is 0 Å². The van der Waals surface area contributed by atoms with Gasteiger partial charge in [0.25, 0.3) is 0 Å². The fourth-order valence-electron chi connectivity index (χ4n) is 2.34. The number of amides is 2. The highest BCUT2D eigenvalue weighted by Crippen LogP contribution is 2.29. The summed E-state index contributed by atoms with van der Waals surface area (Å²) in [5, 5.41) is 15.5. The van der Waals surface area contributed by atoms with Gasteiger partial charge in [-0.15, -0.1) is 0 Å². The second kappa shape index (κ2) is 6.08. The summed E-state index contributed by atoms with van der Waals surface area (Å²) in [6.45, 7) is 3.90. The van der Waals surface area contributed by atoms with Crippen LogP contribution in [0, 0.1) is 13.8 Å². The first-order valence-electron chi connectivity index (χ1n) is 7.36. The van der Waals surface area contributed by atoms with Crippen molar-refractivity contribution in [3.05, 3.63) is 64.0 Å². The van der Waals surface area contributed by atoms with Crippen molar-refractivity contribution in [2.45, 2.75) is 13.8 Å². The van der Waals surface area contributed by atoms with E-state index in [1.54, 1.807) is 30.3 Å². The summed E-state index contributed by atoms with van der Waals surface area (Å²) < 4.78 is 5.10. The monoisotopic (exact) mass is 324 g/mol. The molecule has 6 nitrogen and oxygen atoms in total. The molecule has 2 amide bonds. The fourth-order valence-corrected chi connectivity index (χ4v) is 2.34. The van der Waals surface area contributed by atoms with Gasteiger partial charge in [-0.05, 0) is 49.2 Å². The molecule has 3 rings (SSSR count). The van der Waals surface area contributed by atoms with E-state index in [1.165, 1.54) is 0 Å². The molecular formula is C18H16N2O4. The molecule has 0 bridgehead atoms. The van der Waals surface area contributed by atoms with E-state index >= 15 is 0 Å². The van der Waals surface area contributed by atoms with Crippen LogP contribution in [0.1, 0.15) is 11.1 Å². The number of rotatable bonds is 2. The summed E-state index contributed by atoms with van der Waals surface area (Å²) in [6, 6.07) is 11.4. The number of hydrogen-bond donors (Lipinski definition) is 3. The summed E-state index contributed by atoms with van der Waals surface area (Å²) in [7, 11) is 0. The molecule has 3 aromatic rings. The molecule has 3 N–H and O–H groups in total. The van der Waals surface area contributed by atoms with Gasteiger partial charge >= 0.3 is 11.7 Å². The standard InChI is InChI=1S/C18H16N2O4/c1-10-7-8-12(9-11(10)2)19-18(23)20-15-16(21)13-5-3-4-6-14(13)24-17(15)22/h3-9,21H,1-2H3,(H2,19,20,23). The van der Waals surface area contributed by atoms with E-state index in [-0.39, 0.29) is 17.0 Å². The van der Waals surface area contributed by atoms with Crippen LogP contribution in [0.3, 0.4) is 0 Å². The zero-order chi connectivity index (χ0) is 17.3. The van der Waals surface area contributed by atoms with Crippen LogP contribution >= 0.6 is 0 Å². The van der Waals surface area contributed by atoms with E-state index in [1.807, 2.05) is 26.0 Å². The number of anilines is 2. The summed E-state index contributed by atoms with van der Waals surface area (Å²) in [4.78, 5) is 24.1. The smallest absolute Gasteiger partial charge is 0.364 e. The van der Waals surface area contributed by atoms with Gasteiger partial charge in [0, 0.05) is 5.69 Å². The van der Waals surface area contributed by atoms with Crippen molar-refractivity contribution >= 4 is 28.4 Å². The maximum absolute atomic E-state index is 12.1. The molecule has 122 valence electrons. The van der Waals surface area contributed by atoms with Gasteiger partial charge in [-0.2, -0.15) is 0 Å². The first-order valence-corrected chi connectivity index (χ1v) is 7.36. The van der Waals surface area contributed by atoms with Gasteiger partial charge in [0.05, 0.1) is 5.39 Å².